The minimum Gasteiger partial charge on any atom is -0.310 e. The number of hydrogen-bond donors (Lipinski definition) is 1. The average molecular weight is 318 g/mol. The highest BCUT2D eigenvalue weighted by Gasteiger charge is 2.04. The molecule has 100 valence electrons. The van der Waals surface area contributed by atoms with Crippen molar-refractivity contribution in [3.05, 3.63) is 70.2 Å². The van der Waals surface area contributed by atoms with Gasteiger partial charge in [0.1, 0.15) is 0 Å². The molecule has 0 bridgehead atoms. The number of hydrogen-bond acceptors (Lipinski definition) is 1. The average Bonchev–Trinajstić information content (AvgIpc) is 2.45. The second-order valence-electron chi connectivity index (χ2n) is 4.90. The fourth-order valence-corrected chi connectivity index (χ4v) is 2.48. The van der Waals surface area contributed by atoms with Crippen LogP contribution in [0.25, 0.3) is 0 Å². The van der Waals surface area contributed by atoms with Gasteiger partial charge in [-0.15, -0.1) is 0 Å². The van der Waals surface area contributed by atoms with Crippen molar-refractivity contribution in [3.8, 4) is 0 Å². The molecule has 2 aromatic rings. The van der Waals surface area contributed by atoms with E-state index >= 15 is 0 Å². The van der Waals surface area contributed by atoms with E-state index in [1.165, 1.54) is 15.6 Å². The maximum atomic E-state index is 3.58. The molecular formula is C17H20BrN. The lowest BCUT2D eigenvalue weighted by Gasteiger charge is -2.14. The standard InChI is InChI=1S/C17H20BrN/c1-14(11-12-15-7-3-2-4-8-15)19-13-16-9-5-6-10-17(16)18/h2-10,14,19H,11-13H2,1H3. The quantitative estimate of drug-likeness (QED) is 0.823. The van der Waals surface area contributed by atoms with Crippen LogP contribution in [0.2, 0.25) is 0 Å². The van der Waals surface area contributed by atoms with Crippen molar-refractivity contribution in [1.82, 2.24) is 5.32 Å². The van der Waals surface area contributed by atoms with Crippen molar-refractivity contribution in [3.63, 3.8) is 0 Å². The van der Waals surface area contributed by atoms with Crippen LogP contribution < -0.4 is 5.32 Å². The molecule has 0 aromatic heterocycles. The lowest BCUT2D eigenvalue weighted by atomic mass is 10.1. The molecule has 2 rings (SSSR count). The third-order valence-corrected chi connectivity index (χ3v) is 4.08. The van der Waals surface area contributed by atoms with Gasteiger partial charge in [-0.05, 0) is 37.0 Å². The van der Waals surface area contributed by atoms with E-state index in [1.807, 2.05) is 6.07 Å². The summed E-state index contributed by atoms with van der Waals surface area (Å²) in [6.07, 6.45) is 2.29. The maximum Gasteiger partial charge on any atom is 0.0220 e. The smallest absolute Gasteiger partial charge is 0.0220 e. The molecule has 1 N–H and O–H groups in total. The third-order valence-electron chi connectivity index (χ3n) is 3.31. The van der Waals surface area contributed by atoms with E-state index in [4.69, 9.17) is 0 Å². The van der Waals surface area contributed by atoms with Gasteiger partial charge in [0.25, 0.3) is 0 Å². The van der Waals surface area contributed by atoms with Gasteiger partial charge in [0, 0.05) is 17.1 Å². The molecule has 1 atom stereocenters. The Labute approximate surface area is 124 Å². The van der Waals surface area contributed by atoms with Crippen LogP contribution in [0, 0.1) is 0 Å². The lowest BCUT2D eigenvalue weighted by Crippen LogP contribution is -2.26. The van der Waals surface area contributed by atoms with E-state index in [-0.39, 0.29) is 0 Å². The van der Waals surface area contributed by atoms with Crippen LogP contribution in [0.3, 0.4) is 0 Å². The zero-order chi connectivity index (χ0) is 13.5. The summed E-state index contributed by atoms with van der Waals surface area (Å²) >= 11 is 3.58. The van der Waals surface area contributed by atoms with E-state index in [0.29, 0.717) is 6.04 Å². The zero-order valence-electron chi connectivity index (χ0n) is 11.3. The summed E-state index contributed by atoms with van der Waals surface area (Å²) in [5.74, 6) is 0. The van der Waals surface area contributed by atoms with Gasteiger partial charge in [0.05, 0.1) is 0 Å². The van der Waals surface area contributed by atoms with Gasteiger partial charge in [0.15, 0.2) is 0 Å². The summed E-state index contributed by atoms with van der Waals surface area (Å²) < 4.78 is 1.18. The Morgan fingerprint density at radius 2 is 1.68 bits per heavy atom. The Kier molecular flexibility index (Phi) is 5.62. The van der Waals surface area contributed by atoms with E-state index in [0.717, 1.165) is 19.4 Å². The fraction of sp³-hybridized carbons (Fsp3) is 0.294. The monoisotopic (exact) mass is 317 g/mol. The first-order valence-electron chi connectivity index (χ1n) is 6.76. The molecule has 0 heterocycles. The van der Waals surface area contributed by atoms with Crippen molar-refractivity contribution in [1.29, 1.82) is 0 Å². The molecule has 0 fully saturated rings. The van der Waals surface area contributed by atoms with Crippen molar-refractivity contribution in [2.75, 3.05) is 0 Å². The van der Waals surface area contributed by atoms with E-state index < -0.39 is 0 Å². The molecule has 0 saturated heterocycles. The van der Waals surface area contributed by atoms with Crippen molar-refractivity contribution < 1.29 is 0 Å². The van der Waals surface area contributed by atoms with E-state index in [2.05, 4.69) is 76.7 Å². The van der Waals surface area contributed by atoms with Crippen LogP contribution >= 0.6 is 15.9 Å². The highest BCUT2D eigenvalue weighted by molar-refractivity contribution is 9.10. The van der Waals surface area contributed by atoms with Crippen LogP contribution in [0.15, 0.2) is 59.1 Å². The van der Waals surface area contributed by atoms with Crippen LogP contribution in [-0.2, 0) is 13.0 Å². The maximum absolute atomic E-state index is 3.58. The highest BCUT2D eigenvalue weighted by atomic mass is 79.9. The minimum atomic E-state index is 0.521. The van der Waals surface area contributed by atoms with Gasteiger partial charge in [-0.3, -0.25) is 0 Å². The number of benzene rings is 2. The molecule has 0 aliphatic rings. The van der Waals surface area contributed by atoms with Crippen LogP contribution in [-0.4, -0.2) is 6.04 Å². The van der Waals surface area contributed by atoms with E-state index in [9.17, 15) is 0 Å². The molecule has 0 aliphatic heterocycles. The molecule has 2 heteroatoms. The largest absolute Gasteiger partial charge is 0.310 e. The SMILES string of the molecule is CC(CCc1ccccc1)NCc1ccccc1Br. The van der Waals surface area contributed by atoms with Gasteiger partial charge in [-0.1, -0.05) is 64.5 Å². The van der Waals surface area contributed by atoms with Crippen LogP contribution in [0.4, 0.5) is 0 Å². The van der Waals surface area contributed by atoms with Gasteiger partial charge in [-0.2, -0.15) is 0 Å². The highest BCUT2D eigenvalue weighted by Crippen LogP contribution is 2.15. The summed E-state index contributed by atoms with van der Waals surface area (Å²) in [5.41, 5.74) is 2.73. The summed E-state index contributed by atoms with van der Waals surface area (Å²) in [6.45, 7) is 3.16. The van der Waals surface area contributed by atoms with Gasteiger partial charge in [-0.25, -0.2) is 0 Å². The Bertz CT molecular complexity index is 496. The fourth-order valence-electron chi connectivity index (χ4n) is 2.06. The van der Waals surface area contributed by atoms with Crippen LogP contribution in [0.1, 0.15) is 24.5 Å². The normalized spacial score (nSPS) is 12.3. The van der Waals surface area contributed by atoms with Gasteiger partial charge in [0.2, 0.25) is 0 Å². The lowest BCUT2D eigenvalue weighted by molar-refractivity contribution is 0.513. The Hall–Kier alpha value is -1.12. The predicted molar refractivity (Wildman–Crippen MR) is 85.2 cm³/mol. The number of nitrogens with one attached hydrogen (secondary N) is 1. The van der Waals surface area contributed by atoms with Crippen molar-refractivity contribution in [2.45, 2.75) is 32.4 Å². The van der Waals surface area contributed by atoms with Gasteiger partial charge < -0.3 is 5.32 Å². The van der Waals surface area contributed by atoms with Crippen LogP contribution in [0.5, 0.6) is 0 Å². The number of halogens is 1. The molecule has 0 aliphatic carbocycles. The minimum absolute atomic E-state index is 0.521. The zero-order valence-corrected chi connectivity index (χ0v) is 12.9. The molecule has 19 heavy (non-hydrogen) atoms. The molecule has 0 radical (unpaired) electrons. The predicted octanol–water partition coefficient (Wildman–Crippen LogP) is 4.56. The molecule has 0 spiro atoms. The molecule has 1 nitrogen and oxygen atoms in total. The summed E-state index contributed by atoms with van der Waals surface area (Å²) in [5, 5.41) is 3.58. The first-order chi connectivity index (χ1) is 9.25. The Morgan fingerprint density at radius 1 is 1.00 bits per heavy atom. The number of aryl methyl sites for hydroxylation is 1. The molecular weight excluding hydrogens is 298 g/mol. The van der Waals surface area contributed by atoms with Gasteiger partial charge >= 0.3 is 0 Å². The first-order valence-corrected chi connectivity index (χ1v) is 7.55. The summed E-state index contributed by atoms with van der Waals surface area (Å²) in [6, 6.07) is 19.6. The van der Waals surface area contributed by atoms with E-state index in [1.54, 1.807) is 0 Å². The van der Waals surface area contributed by atoms with Crippen molar-refractivity contribution in [2.24, 2.45) is 0 Å². The molecule has 2 aromatic carbocycles. The second kappa shape index (κ2) is 7.46. The van der Waals surface area contributed by atoms with Crippen molar-refractivity contribution >= 4 is 15.9 Å². The first kappa shape index (κ1) is 14.3. The molecule has 0 saturated carbocycles. The summed E-state index contributed by atoms with van der Waals surface area (Å²) in [7, 11) is 0. The summed E-state index contributed by atoms with van der Waals surface area (Å²) in [4.78, 5) is 0. The number of rotatable bonds is 6. The second-order valence-corrected chi connectivity index (χ2v) is 5.75. The molecule has 1 unspecified atom stereocenters. The Morgan fingerprint density at radius 3 is 2.42 bits per heavy atom. The third kappa shape index (κ3) is 4.81. The Balaban J connectivity index is 1.76. The topological polar surface area (TPSA) is 12.0 Å². The molecule has 0 amide bonds.